The fourth-order valence-electron chi connectivity index (χ4n) is 2.31. The lowest BCUT2D eigenvalue weighted by Gasteiger charge is -2.15. The molecule has 0 aliphatic carbocycles. The van der Waals surface area contributed by atoms with E-state index >= 15 is 0 Å². The second-order valence-electron chi connectivity index (χ2n) is 5.87. The van der Waals surface area contributed by atoms with Crippen molar-refractivity contribution < 1.29 is 4.39 Å². The van der Waals surface area contributed by atoms with E-state index in [1.54, 1.807) is 30.6 Å². The molecule has 0 saturated heterocycles. The summed E-state index contributed by atoms with van der Waals surface area (Å²) < 4.78 is 14.1. The topological polar surface area (TPSA) is 62.7 Å². The van der Waals surface area contributed by atoms with Gasteiger partial charge in [0, 0.05) is 30.1 Å². The fourth-order valence-corrected chi connectivity index (χ4v) is 2.52. The third-order valence-corrected chi connectivity index (χ3v) is 4.22. The summed E-state index contributed by atoms with van der Waals surface area (Å²) in [6.07, 6.45) is 4.31. The van der Waals surface area contributed by atoms with Crippen molar-refractivity contribution in [2.24, 2.45) is 0 Å². The first-order chi connectivity index (χ1) is 12.6. The van der Waals surface area contributed by atoms with Crippen molar-refractivity contribution in [2.75, 3.05) is 10.6 Å². The van der Waals surface area contributed by atoms with Crippen LogP contribution in [0, 0.1) is 5.82 Å². The van der Waals surface area contributed by atoms with Gasteiger partial charge in [-0.1, -0.05) is 24.6 Å². The number of hydrogen-bond acceptors (Lipinski definition) is 5. The molecule has 0 fully saturated rings. The molecule has 0 saturated carbocycles. The molecular formula is C19H19ClFN5. The molecule has 3 aromatic rings. The first-order valence-corrected chi connectivity index (χ1v) is 8.71. The van der Waals surface area contributed by atoms with E-state index in [1.165, 1.54) is 6.07 Å². The number of anilines is 3. The molecule has 0 bridgehead atoms. The lowest BCUT2D eigenvalue weighted by molar-refractivity contribution is 0.632. The summed E-state index contributed by atoms with van der Waals surface area (Å²) in [5, 5.41) is 6.50. The average molecular weight is 372 g/mol. The van der Waals surface area contributed by atoms with Crippen LogP contribution in [0.15, 0.2) is 48.8 Å². The minimum Gasteiger partial charge on any atom is -0.352 e. The van der Waals surface area contributed by atoms with Crippen LogP contribution < -0.4 is 10.6 Å². The Hall–Kier alpha value is -2.73. The van der Waals surface area contributed by atoms with Gasteiger partial charge in [0.25, 0.3) is 0 Å². The van der Waals surface area contributed by atoms with Crippen molar-refractivity contribution >= 4 is 29.1 Å². The van der Waals surface area contributed by atoms with Crippen molar-refractivity contribution in [3.63, 3.8) is 0 Å². The number of nitrogens with one attached hydrogen (secondary N) is 2. The standard InChI is InChI=1S/C19H19ClFN5/c1-3-12(2)23-19-24-16(13-7-9-22-10-8-13)11-17(26-19)25-18-14(20)5-4-6-15(18)21/h4-12H,3H2,1-2H3,(H2,23,24,25,26)/t12-/m1/s1. The number of nitrogens with zero attached hydrogens (tertiary/aromatic N) is 3. The number of halogens is 2. The zero-order valence-corrected chi connectivity index (χ0v) is 15.3. The van der Waals surface area contributed by atoms with E-state index in [1.807, 2.05) is 19.1 Å². The van der Waals surface area contributed by atoms with Gasteiger partial charge in [-0.3, -0.25) is 4.98 Å². The highest BCUT2D eigenvalue weighted by Crippen LogP contribution is 2.29. The Kier molecular flexibility index (Phi) is 5.63. The van der Waals surface area contributed by atoms with Crippen LogP contribution in [0.2, 0.25) is 5.02 Å². The molecule has 0 unspecified atom stereocenters. The van der Waals surface area contributed by atoms with E-state index in [4.69, 9.17) is 11.6 Å². The van der Waals surface area contributed by atoms with E-state index < -0.39 is 5.82 Å². The van der Waals surface area contributed by atoms with Crippen molar-refractivity contribution in [3.8, 4) is 11.3 Å². The first-order valence-electron chi connectivity index (χ1n) is 8.34. The third-order valence-electron chi connectivity index (χ3n) is 3.91. The number of aromatic nitrogens is 3. The van der Waals surface area contributed by atoms with Crippen LogP contribution in [0.25, 0.3) is 11.3 Å². The Morgan fingerprint density at radius 1 is 1.15 bits per heavy atom. The molecule has 0 aliphatic rings. The Morgan fingerprint density at radius 3 is 2.62 bits per heavy atom. The van der Waals surface area contributed by atoms with Gasteiger partial charge >= 0.3 is 0 Å². The lowest BCUT2D eigenvalue weighted by atomic mass is 10.2. The van der Waals surface area contributed by atoms with Crippen LogP contribution >= 0.6 is 11.6 Å². The Morgan fingerprint density at radius 2 is 1.92 bits per heavy atom. The minimum absolute atomic E-state index is 0.183. The minimum atomic E-state index is -0.446. The summed E-state index contributed by atoms with van der Waals surface area (Å²) in [4.78, 5) is 13.0. The van der Waals surface area contributed by atoms with Gasteiger partial charge in [-0.05, 0) is 37.6 Å². The molecule has 134 valence electrons. The fraction of sp³-hybridized carbons (Fsp3) is 0.211. The number of hydrogen-bond donors (Lipinski definition) is 2. The molecule has 3 rings (SSSR count). The maximum absolute atomic E-state index is 14.1. The van der Waals surface area contributed by atoms with E-state index in [0.29, 0.717) is 17.5 Å². The lowest BCUT2D eigenvalue weighted by Crippen LogP contribution is -2.16. The Bertz CT molecular complexity index is 868. The van der Waals surface area contributed by atoms with Gasteiger partial charge in [-0.15, -0.1) is 0 Å². The summed E-state index contributed by atoms with van der Waals surface area (Å²) >= 11 is 6.11. The molecule has 1 aromatic carbocycles. The Balaban J connectivity index is 2.02. The van der Waals surface area contributed by atoms with Gasteiger partial charge in [-0.2, -0.15) is 4.98 Å². The van der Waals surface area contributed by atoms with Gasteiger partial charge in [-0.25, -0.2) is 9.37 Å². The number of benzene rings is 1. The van der Waals surface area contributed by atoms with Crippen molar-refractivity contribution in [1.29, 1.82) is 0 Å². The maximum atomic E-state index is 14.1. The smallest absolute Gasteiger partial charge is 0.225 e. The van der Waals surface area contributed by atoms with Gasteiger partial charge in [0.15, 0.2) is 0 Å². The molecule has 5 nitrogen and oxygen atoms in total. The number of para-hydroxylation sites is 1. The molecule has 2 N–H and O–H groups in total. The molecule has 0 aliphatic heterocycles. The molecule has 0 spiro atoms. The van der Waals surface area contributed by atoms with Crippen molar-refractivity contribution in [3.05, 3.63) is 59.6 Å². The van der Waals surface area contributed by atoms with E-state index in [-0.39, 0.29) is 16.8 Å². The predicted molar refractivity (Wildman–Crippen MR) is 103 cm³/mol. The first kappa shape index (κ1) is 18.1. The Labute approximate surface area is 156 Å². The molecule has 0 radical (unpaired) electrons. The normalized spacial score (nSPS) is 11.8. The van der Waals surface area contributed by atoms with Crippen LogP contribution in [0.3, 0.4) is 0 Å². The van der Waals surface area contributed by atoms with Crippen LogP contribution in [0.4, 0.5) is 21.8 Å². The van der Waals surface area contributed by atoms with Crippen LogP contribution in [-0.2, 0) is 0 Å². The average Bonchev–Trinajstić information content (AvgIpc) is 2.65. The van der Waals surface area contributed by atoms with E-state index in [0.717, 1.165) is 12.0 Å². The molecule has 0 amide bonds. The summed E-state index contributed by atoms with van der Waals surface area (Å²) in [5.74, 6) is 0.464. The maximum Gasteiger partial charge on any atom is 0.225 e. The highest BCUT2D eigenvalue weighted by Gasteiger charge is 2.12. The van der Waals surface area contributed by atoms with Gasteiger partial charge in [0.05, 0.1) is 16.4 Å². The third kappa shape index (κ3) is 4.26. The summed E-state index contributed by atoms with van der Waals surface area (Å²) in [5.41, 5.74) is 1.77. The molecule has 26 heavy (non-hydrogen) atoms. The molecule has 1 atom stereocenters. The van der Waals surface area contributed by atoms with Gasteiger partial charge in [0.1, 0.15) is 11.6 Å². The second kappa shape index (κ2) is 8.10. The monoisotopic (exact) mass is 371 g/mol. The van der Waals surface area contributed by atoms with E-state index in [2.05, 4.69) is 32.5 Å². The second-order valence-corrected chi connectivity index (χ2v) is 6.28. The summed E-state index contributed by atoms with van der Waals surface area (Å²) in [6, 6.07) is 10.2. The summed E-state index contributed by atoms with van der Waals surface area (Å²) in [6.45, 7) is 4.12. The SMILES string of the molecule is CC[C@@H](C)Nc1nc(Nc2c(F)cccc2Cl)cc(-c2ccncc2)n1. The van der Waals surface area contributed by atoms with E-state index in [9.17, 15) is 4.39 Å². The van der Waals surface area contributed by atoms with Crippen LogP contribution in [0.1, 0.15) is 20.3 Å². The quantitative estimate of drug-likeness (QED) is 0.616. The molecule has 2 heterocycles. The predicted octanol–water partition coefficient (Wildman–Crippen LogP) is 5.29. The molecule has 2 aromatic heterocycles. The molecular weight excluding hydrogens is 353 g/mol. The largest absolute Gasteiger partial charge is 0.352 e. The van der Waals surface area contributed by atoms with Crippen molar-refractivity contribution in [1.82, 2.24) is 15.0 Å². The zero-order chi connectivity index (χ0) is 18.5. The van der Waals surface area contributed by atoms with Crippen molar-refractivity contribution in [2.45, 2.75) is 26.3 Å². The molecule has 7 heteroatoms. The number of rotatable bonds is 6. The van der Waals surface area contributed by atoms with Crippen LogP contribution in [0.5, 0.6) is 0 Å². The zero-order valence-electron chi connectivity index (χ0n) is 14.5. The van der Waals surface area contributed by atoms with Gasteiger partial charge in [0.2, 0.25) is 5.95 Å². The highest BCUT2D eigenvalue weighted by molar-refractivity contribution is 6.33. The van der Waals surface area contributed by atoms with Gasteiger partial charge < -0.3 is 10.6 Å². The highest BCUT2D eigenvalue weighted by atomic mass is 35.5. The van der Waals surface area contributed by atoms with Crippen LogP contribution in [-0.4, -0.2) is 21.0 Å². The number of pyridine rings is 1. The summed E-state index contributed by atoms with van der Waals surface area (Å²) in [7, 11) is 0.